The monoisotopic (exact) mass is 337 g/mol. The van der Waals surface area contributed by atoms with Crippen LogP contribution in [0.4, 0.5) is 4.79 Å². The van der Waals surface area contributed by atoms with Gasteiger partial charge in [0.25, 0.3) is 0 Å². The van der Waals surface area contributed by atoms with E-state index in [1.165, 1.54) is 14.2 Å². The fraction of sp³-hybridized carbons (Fsp3) is 0.529. The second kappa shape index (κ2) is 8.65. The Morgan fingerprint density at radius 2 is 2.00 bits per heavy atom. The molecule has 1 aliphatic carbocycles. The molecule has 1 unspecified atom stereocenters. The van der Waals surface area contributed by atoms with Gasteiger partial charge in [0.05, 0.1) is 13.2 Å². The quantitative estimate of drug-likeness (QED) is 0.605. The van der Waals surface area contributed by atoms with E-state index in [-0.39, 0.29) is 19.5 Å². The van der Waals surface area contributed by atoms with Gasteiger partial charge < -0.3 is 24.3 Å². The number of amides is 1. The molecule has 1 fully saturated rings. The Balaban J connectivity index is 1.94. The van der Waals surface area contributed by atoms with Crippen molar-refractivity contribution in [2.75, 3.05) is 21.0 Å². The van der Waals surface area contributed by atoms with Crippen LogP contribution in [0, 0.1) is 0 Å². The van der Waals surface area contributed by atoms with E-state index >= 15 is 0 Å². The van der Waals surface area contributed by atoms with E-state index < -0.39 is 17.6 Å². The van der Waals surface area contributed by atoms with E-state index in [9.17, 15) is 9.59 Å². The highest BCUT2D eigenvalue weighted by Crippen LogP contribution is 2.33. The van der Waals surface area contributed by atoms with E-state index in [0.717, 1.165) is 5.56 Å². The minimum absolute atomic E-state index is 0.132. The summed E-state index contributed by atoms with van der Waals surface area (Å²) in [4.78, 5) is 24.3. The lowest BCUT2D eigenvalue weighted by Crippen LogP contribution is -2.53. The lowest BCUT2D eigenvalue weighted by Gasteiger charge is -2.27. The van der Waals surface area contributed by atoms with Crippen molar-refractivity contribution in [3.63, 3.8) is 0 Å². The van der Waals surface area contributed by atoms with Crippen molar-refractivity contribution in [1.82, 2.24) is 5.32 Å². The van der Waals surface area contributed by atoms with Gasteiger partial charge in [-0.05, 0) is 18.4 Å². The van der Waals surface area contributed by atoms with Gasteiger partial charge in [-0.25, -0.2) is 9.59 Å². The van der Waals surface area contributed by atoms with Gasteiger partial charge in [0.2, 0.25) is 0 Å². The Morgan fingerprint density at radius 3 is 2.67 bits per heavy atom. The normalized spacial score (nSPS) is 22.8. The number of carbonyl (C=O) groups is 2. The van der Waals surface area contributed by atoms with Gasteiger partial charge in [0.1, 0.15) is 18.9 Å². The first-order valence-corrected chi connectivity index (χ1v) is 7.77. The second-order valence-electron chi connectivity index (χ2n) is 5.70. The van der Waals surface area contributed by atoms with Crippen LogP contribution in [0.5, 0.6) is 0 Å². The second-order valence-corrected chi connectivity index (χ2v) is 5.70. The van der Waals surface area contributed by atoms with Crippen LogP contribution in [0.3, 0.4) is 0 Å². The van der Waals surface area contributed by atoms with Gasteiger partial charge in [-0.1, -0.05) is 30.3 Å². The van der Waals surface area contributed by atoms with Crippen molar-refractivity contribution in [2.45, 2.75) is 37.5 Å². The molecule has 1 aliphatic rings. The maximum absolute atomic E-state index is 12.2. The largest absolute Gasteiger partial charge is 0.467 e. The molecule has 1 aromatic rings. The van der Waals surface area contributed by atoms with E-state index in [2.05, 4.69) is 5.32 Å². The average molecular weight is 337 g/mol. The zero-order valence-electron chi connectivity index (χ0n) is 13.9. The van der Waals surface area contributed by atoms with Gasteiger partial charge in [-0.15, -0.1) is 0 Å². The molecule has 7 heteroatoms. The number of nitrogens with one attached hydrogen (secondary N) is 1. The molecule has 7 nitrogen and oxygen atoms in total. The van der Waals surface area contributed by atoms with Crippen molar-refractivity contribution in [2.24, 2.45) is 0 Å². The van der Waals surface area contributed by atoms with Crippen molar-refractivity contribution in [3.05, 3.63) is 35.9 Å². The van der Waals surface area contributed by atoms with Gasteiger partial charge in [-0.2, -0.15) is 0 Å². The fourth-order valence-electron chi connectivity index (χ4n) is 2.81. The molecule has 0 radical (unpaired) electrons. The minimum atomic E-state index is -1.12. The molecule has 132 valence electrons. The zero-order valence-corrected chi connectivity index (χ0v) is 13.9. The summed E-state index contributed by atoms with van der Waals surface area (Å²) < 4.78 is 20.4. The molecule has 0 saturated heterocycles. The molecule has 24 heavy (non-hydrogen) atoms. The summed E-state index contributed by atoms with van der Waals surface area (Å²) in [5.74, 6) is -0.498. The summed E-state index contributed by atoms with van der Waals surface area (Å²) in [6.07, 6.45) is 0.533. The summed E-state index contributed by atoms with van der Waals surface area (Å²) in [6.45, 7) is 0.272. The minimum Gasteiger partial charge on any atom is -0.467 e. The van der Waals surface area contributed by atoms with Crippen LogP contribution in [0.1, 0.15) is 24.8 Å². The molecule has 0 aromatic heterocycles. The molecule has 2 atom stereocenters. The zero-order chi connectivity index (χ0) is 17.4. The van der Waals surface area contributed by atoms with Gasteiger partial charge in [-0.3, -0.25) is 0 Å². The Hall–Kier alpha value is -2.12. The van der Waals surface area contributed by atoms with Crippen molar-refractivity contribution >= 4 is 12.1 Å². The highest BCUT2D eigenvalue weighted by atomic mass is 16.7. The molecule has 0 spiro atoms. The molecule has 2 rings (SSSR count). The molecule has 0 bridgehead atoms. The Bertz CT molecular complexity index is 549. The van der Waals surface area contributed by atoms with E-state index in [0.29, 0.717) is 19.3 Å². The molecule has 1 amide bonds. The summed E-state index contributed by atoms with van der Waals surface area (Å²) >= 11 is 0. The fourth-order valence-corrected chi connectivity index (χ4v) is 2.81. The first-order chi connectivity index (χ1) is 11.6. The highest BCUT2D eigenvalue weighted by molar-refractivity contribution is 5.86. The van der Waals surface area contributed by atoms with Gasteiger partial charge in [0.15, 0.2) is 0 Å². The van der Waals surface area contributed by atoms with Crippen LogP contribution in [-0.2, 0) is 30.3 Å². The predicted molar refractivity (Wildman–Crippen MR) is 85.1 cm³/mol. The summed E-state index contributed by atoms with van der Waals surface area (Å²) in [5.41, 5.74) is -0.256. The van der Waals surface area contributed by atoms with Crippen LogP contribution < -0.4 is 5.32 Å². The topological polar surface area (TPSA) is 83.1 Å². The van der Waals surface area contributed by atoms with E-state index in [1.807, 2.05) is 30.3 Å². The lowest BCUT2D eigenvalue weighted by atomic mass is 9.98. The summed E-state index contributed by atoms with van der Waals surface area (Å²) in [7, 11) is 2.83. The molecule has 1 aromatic carbocycles. The molecule has 1 N–H and O–H groups in total. The average Bonchev–Trinajstić information content (AvgIpc) is 3.02. The lowest BCUT2D eigenvalue weighted by molar-refractivity contribution is -0.149. The number of methoxy groups -OCH3 is 2. The Labute approximate surface area is 141 Å². The molecule has 0 heterocycles. The van der Waals surface area contributed by atoms with Crippen LogP contribution in [0.2, 0.25) is 0 Å². The van der Waals surface area contributed by atoms with Crippen LogP contribution in [0.25, 0.3) is 0 Å². The Morgan fingerprint density at radius 1 is 1.25 bits per heavy atom. The van der Waals surface area contributed by atoms with Gasteiger partial charge in [0, 0.05) is 13.5 Å². The summed E-state index contributed by atoms with van der Waals surface area (Å²) in [6, 6.07) is 9.32. The first-order valence-electron chi connectivity index (χ1n) is 7.77. The van der Waals surface area contributed by atoms with Crippen LogP contribution in [0.15, 0.2) is 30.3 Å². The molecule has 0 aliphatic heterocycles. The number of hydrogen-bond acceptors (Lipinski definition) is 6. The molecular weight excluding hydrogens is 314 g/mol. The van der Waals surface area contributed by atoms with Gasteiger partial charge >= 0.3 is 12.1 Å². The van der Waals surface area contributed by atoms with Crippen molar-refractivity contribution in [3.8, 4) is 0 Å². The van der Waals surface area contributed by atoms with E-state index in [4.69, 9.17) is 18.9 Å². The van der Waals surface area contributed by atoms with Crippen LogP contribution in [-0.4, -0.2) is 44.7 Å². The van der Waals surface area contributed by atoms with Crippen LogP contribution >= 0.6 is 0 Å². The van der Waals surface area contributed by atoms with E-state index in [1.54, 1.807) is 0 Å². The SMILES string of the molecule is COCO[C@H]1CCC(NC(=O)OCc2ccccc2)(C(=O)OC)C1. The maximum atomic E-state index is 12.2. The number of benzene rings is 1. The first kappa shape index (κ1) is 18.2. The van der Waals surface area contributed by atoms with Crippen molar-refractivity contribution < 1.29 is 28.5 Å². The standard InChI is InChI=1S/C17H23NO6/c1-21-12-24-14-8-9-17(10-14,15(19)22-2)18-16(20)23-11-13-6-4-3-5-7-13/h3-7,14H,8-12H2,1-2H3,(H,18,20)/t14-,17?/m0/s1. The Kier molecular flexibility index (Phi) is 6.57. The number of alkyl carbamates (subject to hydrolysis) is 1. The predicted octanol–water partition coefficient (Wildman–Crippen LogP) is 2.00. The number of hydrogen-bond donors (Lipinski definition) is 1. The van der Waals surface area contributed by atoms with Crippen molar-refractivity contribution in [1.29, 1.82) is 0 Å². The maximum Gasteiger partial charge on any atom is 0.408 e. The number of carbonyl (C=O) groups excluding carboxylic acids is 2. The number of esters is 1. The molecule has 1 saturated carbocycles. The third-order valence-corrected chi connectivity index (χ3v) is 4.02. The number of rotatable bonds is 7. The highest BCUT2D eigenvalue weighted by Gasteiger charge is 2.48. The summed E-state index contributed by atoms with van der Waals surface area (Å²) in [5, 5.41) is 2.66. The third-order valence-electron chi connectivity index (χ3n) is 4.02. The smallest absolute Gasteiger partial charge is 0.408 e. The third kappa shape index (κ3) is 4.69. The number of ether oxygens (including phenoxy) is 4. The molecular formula is C17H23NO6.